The maximum absolute atomic E-state index is 13.4. The van der Waals surface area contributed by atoms with E-state index in [1.165, 1.54) is 37.4 Å². The van der Waals surface area contributed by atoms with Crippen molar-refractivity contribution in [1.82, 2.24) is 0 Å². The molecule has 0 spiro atoms. The van der Waals surface area contributed by atoms with Gasteiger partial charge in [-0.25, -0.2) is 8.42 Å². The highest BCUT2D eigenvalue weighted by Gasteiger charge is 2.32. The van der Waals surface area contributed by atoms with Crippen molar-refractivity contribution in [3.63, 3.8) is 0 Å². The molecule has 0 aromatic heterocycles. The largest absolute Gasteiger partial charge is 0.495 e. The number of halogens is 1. The molecule has 0 heterocycles. The Morgan fingerprint density at radius 3 is 2.19 bits per heavy atom. The SMILES string of the molecule is COc1ccc(N(C(=O)COc2c(C)cccc2C)S(=O)(=O)c2ccccc2)cc1Cl. The minimum atomic E-state index is -4.21. The van der Waals surface area contributed by atoms with Crippen molar-refractivity contribution in [2.75, 3.05) is 18.0 Å². The number of carbonyl (C=O) groups excluding carboxylic acids is 1. The minimum absolute atomic E-state index is 0.0256. The Bertz CT molecular complexity index is 1180. The molecule has 3 rings (SSSR count). The van der Waals surface area contributed by atoms with E-state index in [0.717, 1.165) is 11.1 Å². The molecule has 0 saturated carbocycles. The van der Waals surface area contributed by atoms with Crippen LogP contribution in [0.3, 0.4) is 0 Å². The third kappa shape index (κ3) is 4.84. The van der Waals surface area contributed by atoms with Gasteiger partial charge < -0.3 is 9.47 Å². The van der Waals surface area contributed by atoms with E-state index >= 15 is 0 Å². The summed E-state index contributed by atoms with van der Waals surface area (Å²) in [5, 5.41) is 0.178. The molecule has 3 aromatic rings. The van der Waals surface area contributed by atoms with Crippen LogP contribution >= 0.6 is 11.6 Å². The predicted octanol–water partition coefficient (Wildman–Crippen LogP) is 4.77. The van der Waals surface area contributed by atoms with Crippen LogP contribution in [0.4, 0.5) is 5.69 Å². The average molecular weight is 460 g/mol. The molecule has 0 unspecified atom stereocenters. The highest BCUT2D eigenvalue weighted by atomic mass is 35.5. The number of hydrogen-bond donors (Lipinski definition) is 0. The van der Waals surface area contributed by atoms with Crippen LogP contribution in [0.1, 0.15) is 11.1 Å². The van der Waals surface area contributed by atoms with Crippen molar-refractivity contribution in [3.05, 3.63) is 82.9 Å². The van der Waals surface area contributed by atoms with Crippen LogP contribution in [0, 0.1) is 13.8 Å². The lowest BCUT2D eigenvalue weighted by Gasteiger charge is -2.23. The number of para-hydroxylation sites is 1. The van der Waals surface area contributed by atoms with Crippen molar-refractivity contribution in [2.45, 2.75) is 18.7 Å². The van der Waals surface area contributed by atoms with Crippen LogP contribution in [0.25, 0.3) is 0 Å². The maximum Gasteiger partial charge on any atom is 0.278 e. The Kier molecular flexibility index (Phi) is 6.87. The normalized spacial score (nSPS) is 11.1. The van der Waals surface area contributed by atoms with E-state index < -0.39 is 22.5 Å². The van der Waals surface area contributed by atoms with Crippen LogP contribution in [0.2, 0.25) is 5.02 Å². The van der Waals surface area contributed by atoms with Gasteiger partial charge in [0, 0.05) is 0 Å². The van der Waals surface area contributed by atoms with Gasteiger partial charge in [-0.3, -0.25) is 4.79 Å². The summed E-state index contributed by atoms with van der Waals surface area (Å²) in [7, 11) is -2.76. The first-order valence-corrected chi connectivity index (χ1v) is 11.2. The van der Waals surface area contributed by atoms with Crippen LogP contribution < -0.4 is 13.8 Å². The van der Waals surface area contributed by atoms with Gasteiger partial charge in [-0.2, -0.15) is 4.31 Å². The van der Waals surface area contributed by atoms with Gasteiger partial charge in [0.05, 0.1) is 22.7 Å². The first kappa shape index (κ1) is 22.7. The zero-order valence-electron chi connectivity index (χ0n) is 17.3. The summed E-state index contributed by atoms with van der Waals surface area (Å²) in [6, 6.07) is 17.6. The Morgan fingerprint density at radius 2 is 1.61 bits per heavy atom. The van der Waals surface area contributed by atoms with Crippen LogP contribution in [0.15, 0.2) is 71.6 Å². The molecule has 0 N–H and O–H groups in total. The highest BCUT2D eigenvalue weighted by Crippen LogP contribution is 2.32. The van der Waals surface area contributed by atoms with Gasteiger partial charge in [-0.05, 0) is 55.3 Å². The zero-order valence-corrected chi connectivity index (χ0v) is 18.9. The van der Waals surface area contributed by atoms with Gasteiger partial charge in [-0.15, -0.1) is 0 Å². The van der Waals surface area contributed by atoms with Crippen molar-refractivity contribution in [3.8, 4) is 11.5 Å². The summed E-state index contributed by atoms with van der Waals surface area (Å²) in [5.41, 5.74) is 1.78. The fraction of sp³-hybridized carbons (Fsp3) is 0.174. The summed E-state index contributed by atoms with van der Waals surface area (Å²) in [4.78, 5) is 13.1. The van der Waals surface area contributed by atoms with E-state index in [0.29, 0.717) is 15.8 Å². The molecule has 0 atom stereocenters. The molecular formula is C23H22ClNO5S. The number of amides is 1. The van der Waals surface area contributed by atoms with Gasteiger partial charge >= 0.3 is 0 Å². The fourth-order valence-electron chi connectivity index (χ4n) is 3.12. The molecule has 0 aliphatic carbocycles. The standard InChI is InChI=1S/C23H22ClNO5S/c1-16-8-7-9-17(2)23(16)30-15-22(26)25(18-12-13-21(29-3)20(24)14-18)31(27,28)19-10-5-4-6-11-19/h4-14H,15H2,1-3H3. The van der Waals surface area contributed by atoms with Crippen molar-refractivity contribution in [1.29, 1.82) is 0 Å². The van der Waals surface area contributed by atoms with E-state index in [1.54, 1.807) is 18.2 Å². The number of methoxy groups -OCH3 is 1. The number of carbonyl (C=O) groups is 1. The summed E-state index contributed by atoms with van der Waals surface area (Å²) >= 11 is 6.20. The van der Waals surface area contributed by atoms with Crippen molar-refractivity contribution in [2.24, 2.45) is 0 Å². The molecule has 8 heteroatoms. The molecule has 0 aliphatic heterocycles. The van der Waals surface area contributed by atoms with Crippen LogP contribution in [0.5, 0.6) is 11.5 Å². The van der Waals surface area contributed by atoms with Gasteiger partial charge in [0.15, 0.2) is 6.61 Å². The summed E-state index contributed by atoms with van der Waals surface area (Å²) < 4.78 is 38.3. The lowest BCUT2D eigenvalue weighted by molar-refractivity contribution is -0.119. The zero-order chi connectivity index (χ0) is 22.6. The molecule has 6 nitrogen and oxygen atoms in total. The lowest BCUT2D eigenvalue weighted by Crippen LogP contribution is -2.40. The number of aryl methyl sites for hydroxylation is 2. The number of sulfonamides is 1. The molecule has 0 aliphatic rings. The third-order valence-corrected chi connectivity index (χ3v) is 6.68. The Hall–Kier alpha value is -3.03. The second-order valence-corrected chi connectivity index (χ2v) is 9.00. The fourth-order valence-corrected chi connectivity index (χ4v) is 4.79. The van der Waals surface area contributed by atoms with Crippen molar-refractivity contribution < 1.29 is 22.7 Å². The van der Waals surface area contributed by atoms with E-state index in [4.69, 9.17) is 21.1 Å². The third-order valence-electron chi connectivity index (χ3n) is 4.63. The molecular weight excluding hydrogens is 438 g/mol. The summed E-state index contributed by atoms with van der Waals surface area (Å²) in [5.74, 6) is 0.148. The second kappa shape index (κ2) is 9.41. The van der Waals surface area contributed by atoms with Gasteiger partial charge in [0.2, 0.25) is 0 Å². The molecule has 31 heavy (non-hydrogen) atoms. The first-order valence-electron chi connectivity index (χ1n) is 9.41. The number of nitrogens with zero attached hydrogens (tertiary/aromatic N) is 1. The summed E-state index contributed by atoms with van der Waals surface area (Å²) in [6.45, 7) is 3.24. The number of hydrogen-bond acceptors (Lipinski definition) is 5. The molecule has 0 fully saturated rings. The summed E-state index contributed by atoms with van der Waals surface area (Å²) in [6.07, 6.45) is 0. The Morgan fingerprint density at radius 1 is 0.968 bits per heavy atom. The molecule has 1 amide bonds. The lowest BCUT2D eigenvalue weighted by atomic mass is 10.1. The monoisotopic (exact) mass is 459 g/mol. The first-order chi connectivity index (χ1) is 14.8. The van der Waals surface area contributed by atoms with Gasteiger partial charge in [0.25, 0.3) is 15.9 Å². The molecule has 3 aromatic carbocycles. The minimum Gasteiger partial charge on any atom is -0.495 e. The van der Waals surface area contributed by atoms with Crippen molar-refractivity contribution >= 4 is 33.2 Å². The van der Waals surface area contributed by atoms with E-state index in [1.807, 2.05) is 32.0 Å². The number of anilines is 1. The Balaban J connectivity index is 2.01. The van der Waals surface area contributed by atoms with Gasteiger partial charge in [-0.1, -0.05) is 48.0 Å². The quantitative estimate of drug-likeness (QED) is 0.509. The number of rotatable bonds is 7. The maximum atomic E-state index is 13.4. The average Bonchev–Trinajstić information content (AvgIpc) is 2.74. The van der Waals surface area contributed by atoms with E-state index in [-0.39, 0.29) is 15.6 Å². The van der Waals surface area contributed by atoms with Gasteiger partial charge in [0.1, 0.15) is 11.5 Å². The predicted molar refractivity (Wildman–Crippen MR) is 121 cm³/mol. The van der Waals surface area contributed by atoms with E-state index in [9.17, 15) is 13.2 Å². The van der Waals surface area contributed by atoms with Crippen LogP contribution in [-0.2, 0) is 14.8 Å². The second-order valence-electron chi connectivity index (χ2n) is 6.80. The number of benzene rings is 3. The topological polar surface area (TPSA) is 72.9 Å². The molecule has 0 bridgehead atoms. The highest BCUT2D eigenvalue weighted by molar-refractivity contribution is 7.93. The molecule has 0 radical (unpaired) electrons. The smallest absolute Gasteiger partial charge is 0.278 e. The molecule has 0 saturated heterocycles. The number of ether oxygens (including phenoxy) is 2. The van der Waals surface area contributed by atoms with E-state index in [2.05, 4.69) is 0 Å². The Labute approximate surface area is 187 Å². The molecule has 162 valence electrons. The van der Waals surface area contributed by atoms with Crippen LogP contribution in [-0.4, -0.2) is 28.0 Å².